The molecule has 0 aliphatic carbocycles. The summed E-state index contributed by atoms with van der Waals surface area (Å²) in [4.78, 5) is 26.8. The first-order valence-corrected chi connectivity index (χ1v) is 9.12. The first-order valence-electron chi connectivity index (χ1n) is 9.12. The number of carbonyl (C=O) groups excluding carboxylic acids is 2. The molecule has 0 heterocycles. The lowest BCUT2D eigenvalue weighted by Gasteiger charge is -2.23. The van der Waals surface area contributed by atoms with E-state index in [2.05, 4.69) is 33.0 Å². The summed E-state index contributed by atoms with van der Waals surface area (Å²) in [7, 11) is 0. The van der Waals surface area contributed by atoms with Crippen molar-refractivity contribution in [3.8, 4) is 0 Å². The summed E-state index contributed by atoms with van der Waals surface area (Å²) in [6.45, 7) is 11.6. The molecule has 0 aliphatic heterocycles. The van der Waals surface area contributed by atoms with Gasteiger partial charge in [-0.2, -0.15) is 0 Å². The molecule has 0 fully saturated rings. The Morgan fingerprint density at radius 1 is 1.08 bits per heavy atom. The van der Waals surface area contributed by atoms with Crippen molar-refractivity contribution in [2.24, 2.45) is 0 Å². The van der Waals surface area contributed by atoms with E-state index in [0.717, 1.165) is 42.5 Å². The number of hydrogen-bond donors (Lipinski definition) is 1. The van der Waals surface area contributed by atoms with E-state index in [-0.39, 0.29) is 5.92 Å². The van der Waals surface area contributed by atoms with Crippen LogP contribution in [0.4, 0.5) is 5.69 Å². The summed E-state index contributed by atoms with van der Waals surface area (Å²) in [5.74, 6) is -0.667. The summed E-state index contributed by atoms with van der Waals surface area (Å²) in [5, 5.41) is 2.86. The molecule has 4 heteroatoms. The van der Waals surface area contributed by atoms with Crippen LogP contribution in [0, 0.1) is 6.92 Å². The fourth-order valence-corrected chi connectivity index (χ4v) is 2.67. The zero-order valence-corrected chi connectivity index (χ0v) is 15.8. The van der Waals surface area contributed by atoms with Crippen LogP contribution in [0.5, 0.6) is 0 Å². The van der Waals surface area contributed by atoms with E-state index < -0.39 is 11.8 Å². The van der Waals surface area contributed by atoms with E-state index in [4.69, 9.17) is 0 Å². The normalized spacial score (nSPS) is 10.8. The monoisotopic (exact) mass is 332 g/mol. The van der Waals surface area contributed by atoms with E-state index in [1.807, 2.05) is 25.1 Å². The lowest BCUT2D eigenvalue weighted by molar-refractivity contribution is -0.143. The van der Waals surface area contributed by atoms with E-state index in [0.29, 0.717) is 13.1 Å². The van der Waals surface area contributed by atoms with Crippen molar-refractivity contribution >= 4 is 17.5 Å². The average molecular weight is 332 g/mol. The number of benzene rings is 1. The fourth-order valence-electron chi connectivity index (χ4n) is 2.67. The van der Waals surface area contributed by atoms with Crippen molar-refractivity contribution in [1.29, 1.82) is 0 Å². The third kappa shape index (κ3) is 5.66. The zero-order valence-electron chi connectivity index (χ0n) is 15.8. The van der Waals surface area contributed by atoms with Crippen LogP contribution in [0.15, 0.2) is 18.2 Å². The largest absolute Gasteiger partial charge is 0.334 e. The highest BCUT2D eigenvalue weighted by molar-refractivity contribution is 6.39. The molecule has 0 aliphatic rings. The number of nitrogens with one attached hydrogen (secondary N) is 1. The van der Waals surface area contributed by atoms with Crippen molar-refractivity contribution in [3.05, 3.63) is 29.3 Å². The summed E-state index contributed by atoms with van der Waals surface area (Å²) >= 11 is 0. The van der Waals surface area contributed by atoms with Crippen molar-refractivity contribution in [1.82, 2.24) is 4.90 Å². The van der Waals surface area contributed by atoms with Gasteiger partial charge in [-0.15, -0.1) is 0 Å². The van der Waals surface area contributed by atoms with Gasteiger partial charge in [-0.1, -0.05) is 58.7 Å². The predicted octanol–water partition coefficient (Wildman–Crippen LogP) is 4.49. The number of amides is 2. The molecule has 1 N–H and O–H groups in total. The maximum atomic E-state index is 12.6. The Bertz CT molecular complexity index is 545. The topological polar surface area (TPSA) is 49.4 Å². The van der Waals surface area contributed by atoms with Crippen LogP contribution in [0.25, 0.3) is 0 Å². The minimum atomic E-state index is -0.529. The molecule has 2 amide bonds. The number of anilines is 1. The third-order valence-electron chi connectivity index (χ3n) is 4.21. The molecule has 0 saturated carbocycles. The molecule has 4 nitrogen and oxygen atoms in total. The van der Waals surface area contributed by atoms with Gasteiger partial charge in [0.1, 0.15) is 0 Å². The van der Waals surface area contributed by atoms with Gasteiger partial charge in [-0.3, -0.25) is 9.59 Å². The average Bonchev–Trinajstić information content (AvgIpc) is 2.56. The second-order valence-electron chi connectivity index (χ2n) is 6.65. The minimum absolute atomic E-state index is 0.284. The van der Waals surface area contributed by atoms with Gasteiger partial charge < -0.3 is 10.2 Å². The molecule has 1 aromatic rings. The van der Waals surface area contributed by atoms with Crippen LogP contribution >= 0.6 is 0 Å². The Balaban J connectivity index is 2.90. The molecule has 0 bridgehead atoms. The number of aryl methyl sites for hydroxylation is 1. The van der Waals surface area contributed by atoms with Crippen LogP contribution < -0.4 is 5.32 Å². The summed E-state index contributed by atoms with van der Waals surface area (Å²) < 4.78 is 0. The lowest BCUT2D eigenvalue weighted by Crippen LogP contribution is -2.41. The van der Waals surface area contributed by atoms with Crippen molar-refractivity contribution in [2.45, 2.75) is 66.2 Å². The maximum absolute atomic E-state index is 12.6. The Hall–Kier alpha value is -1.84. The van der Waals surface area contributed by atoms with Gasteiger partial charge in [0, 0.05) is 18.8 Å². The van der Waals surface area contributed by atoms with Crippen LogP contribution in [-0.2, 0) is 9.59 Å². The first kappa shape index (κ1) is 20.2. The molecule has 0 spiro atoms. The molecule has 0 aromatic heterocycles. The van der Waals surface area contributed by atoms with Gasteiger partial charge in [0.15, 0.2) is 0 Å². The molecule has 0 unspecified atom stereocenters. The van der Waals surface area contributed by atoms with Gasteiger partial charge in [0.2, 0.25) is 0 Å². The molecule has 1 rings (SSSR count). The fraction of sp³-hybridized carbons (Fsp3) is 0.600. The Labute approximate surface area is 146 Å². The molecule has 0 radical (unpaired) electrons. The molecule has 134 valence electrons. The van der Waals surface area contributed by atoms with Gasteiger partial charge >= 0.3 is 11.8 Å². The highest BCUT2D eigenvalue weighted by atomic mass is 16.2. The van der Waals surface area contributed by atoms with Crippen LogP contribution in [-0.4, -0.2) is 29.8 Å². The first-order chi connectivity index (χ1) is 11.4. The van der Waals surface area contributed by atoms with Crippen molar-refractivity contribution in [2.75, 3.05) is 18.4 Å². The Morgan fingerprint density at radius 2 is 1.67 bits per heavy atom. The SMILES string of the molecule is CCCCN(CCCC)C(=O)C(=O)Nc1c(C)cccc1C(C)C. The van der Waals surface area contributed by atoms with Crippen LogP contribution in [0.3, 0.4) is 0 Å². The van der Waals surface area contributed by atoms with E-state index in [1.54, 1.807) is 4.90 Å². The van der Waals surface area contributed by atoms with Gasteiger partial charge in [-0.25, -0.2) is 0 Å². The second-order valence-corrected chi connectivity index (χ2v) is 6.65. The number of hydrogen-bond acceptors (Lipinski definition) is 2. The molecular formula is C20H32N2O2. The molecular weight excluding hydrogens is 300 g/mol. The van der Waals surface area contributed by atoms with Crippen LogP contribution in [0.1, 0.15) is 70.4 Å². The van der Waals surface area contributed by atoms with E-state index >= 15 is 0 Å². The maximum Gasteiger partial charge on any atom is 0.313 e. The molecule has 24 heavy (non-hydrogen) atoms. The van der Waals surface area contributed by atoms with Gasteiger partial charge in [-0.05, 0) is 36.8 Å². The van der Waals surface area contributed by atoms with Gasteiger partial charge in [0.05, 0.1) is 0 Å². The molecule has 0 atom stereocenters. The quantitative estimate of drug-likeness (QED) is 0.713. The lowest BCUT2D eigenvalue weighted by atomic mass is 9.98. The van der Waals surface area contributed by atoms with Crippen LogP contribution in [0.2, 0.25) is 0 Å². The predicted molar refractivity (Wildman–Crippen MR) is 100 cm³/mol. The molecule has 1 aromatic carbocycles. The number of nitrogens with zero attached hydrogens (tertiary/aromatic N) is 1. The van der Waals surface area contributed by atoms with Gasteiger partial charge in [0.25, 0.3) is 0 Å². The summed E-state index contributed by atoms with van der Waals surface area (Å²) in [6.07, 6.45) is 3.86. The standard InChI is InChI=1S/C20H32N2O2/c1-6-8-13-22(14-9-7-2)20(24)19(23)21-18-16(5)11-10-12-17(18)15(3)4/h10-12,15H,6-9,13-14H2,1-5H3,(H,21,23). The summed E-state index contributed by atoms with van der Waals surface area (Å²) in [5.41, 5.74) is 2.82. The Kier molecular flexibility index (Phi) is 8.51. The van der Waals surface area contributed by atoms with Crippen molar-refractivity contribution < 1.29 is 9.59 Å². The molecule has 0 saturated heterocycles. The number of unbranched alkanes of at least 4 members (excludes halogenated alkanes) is 2. The van der Waals surface area contributed by atoms with E-state index in [1.165, 1.54) is 0 Å². The second kappa shape index (κ2) is 10.1. The third-order valence-corrected chi connectivity index (χ3v) is 4.21. The smallest absolute Gasteiger partial charge is 0.313 e. The number of para-hydroxylation sites is 1. The Morgan fingerprint density at radius 3 is 2.17 bits per heavy atom. The highest BCUT2D eigenvalue weighted by Gasteiger charge is 2.23. The highest BCUT2D eigenvalue weighted by Crippen LogP contribution is 2.27. The summed E-state index contributed by atoms with van der Waals surface area (Å²) in [6, 6.07) is 5.94. The number of rotatable bonds is 8. The number of carbonyl (C=O) groups is 2. The minimum Gasteiger partial charge on any atom is -0.334 e. The zero-order chi connectivity index (χ0) is 18.1. The van der Waals surface area contributed by atoms with Crippen molar-refractivity contribution in [3.63, 3.8) is 0 Å². The van der Waals surface area contributed by atoms with E-state index in [9.17, 15) is 9.59 Å².